The van der Waals surface area contributed by atoms with Crippen molar-refractivity contribution in [3.63, 3.8) is 0 Å². The van der Waals surface area contributed by atoms with Crippen LogP contribution in [0.2, 0.25) is 0 Å². The zero-order chi connectivity index (χ0) is 29.3. The number of carbonyl (C=O) groups excluding carboxylic acids is 4. The standard InChI is InChI=1S/C14H16N2O3.C11H12BrNO2.C3H5NO/c1-9-8-19-12-5-3-10(4-6-13(15)17)7-11(12)16(2)14(9)18;1-7-6-15-10-4-3-8(12)5-9(10)13(2)11(7)14;1-2-3(4)5/h3-7,9H,8H2,1-2H3,(H2,15,17);3-5,7H,6H2,1-2H3;2H,1H2,(H2,4,5)/b6-4+;;/t9-;7-;/m00./s1. The highest BCUT2D eigenvalue weighted by atomic mass is 79.9. The zero-order valence-electron chi connectivity index (χ0n) is 22.3. The Morgan fingerprint density at radius 2 is 1.36 bits per heavy atom. The predicted molar refractivity (Wildman–Crippen MR) is 154 cm³/mol. The van der Waals surface area contributed by atoms with Crippen LogP contribution in [0.5, 0.6) is 11.5 Å². The van der Waals surface area contributed by atoms with Crippen molar-refractivity contribution >= 4 is 57.0 Å². The average molecular weight is 601 g/mol. The number of rotatable bonds is 3. The minimum absolute atomic E-state index is 0.00906. The smallest absolute Gasteiger partial charge is 0.241 e. The van der Waals surface area contributed by atoms with E-state index in [-0.39, 0.29) is 23.7 Å². The molecule has 39 heavy (non-hydrogen) atoms. The lowest BCUT2D eigenvalue weighted by Gasteiger charge is -2.18. The summed E-state index contributed by atoms with van der Waals surface area (Å²) in [5.41, 5.74) is 11.9. The molecule has 4 N–H and O–H groups in total. The Balaban J connectivity index is 0.000000238. The number of benzene rings is 2. The molecule has 2 heterocycles. The van der Waals surface area contributed by atoms with E-state index in [9.17, 15) is 19.2 Å². The fourth-order valence-corrected chi connectivity index (χ4v) is 3.90. The van der Waals surface area contributed by atoms with E-state index in [0.29, 0.717) is 24.7 Å². The molecule has 11 heteroatoms. The number of nitrogens with two attached hydrogens (primary N) is 2. The monoisotopic (exact) mass is 600 g/mol. The van der Waals surface area contributed by atoms with Crippen LogP contribution in [0.3, 0.4) is 0 Å². The molecule has 0 saturated heterocycles. The number of hydrogen-bond acceptors (Lipinski definition) is 6. The van der Waals surface area contributed by atoms with Gasteiger partial charge in [0, 0.05) is 24.6 Å². The second-order valence-electron chi connectivity index (χ2n) is 8.90. The quantitative estimate of drug-likeness (QED) is 0.517. The molecular formula is C28H33BrN4O6. The van der Waals surface area contributed by atoms with Crippen LogP contribution in [0.4, 0.5) is 11.4 Å². The van der Waals surface area contributed by atoms with Gasteiger partial charge in [0.1, 0.15) is 11.5 Å². The highest BCUT2D eigenvalue weighted by molar-refractivity contribution is 9.10. The second-order valence-corrected chi connectivity index (χ2v) is 9.82. The Bertz CT molecular complexity index is 1280. The molecule has 2 aromatic rings. The van der Waals surface area contributed by atoms with Gasteiger partial charge in [0.05, 0.1) is 36.4 Å². The highest BCUT2D eigenvalue weighted by Gasteiger charge is 2.27. The lowest BCUT2D eigenvalue weighted by molar-refractivity contribution is -0.122. The summed E-state index contributed by atoms with van der Waals surface area (Å²) < 4.78 is 12.1. The van der Waals surface area contributed by atoms with Crippen molar-refractivity contribution < 1.29 is 28.7 Å². The SMILES string of the molecule is C=CC(N)=O.C[C@H]1COc2ccc(/C=C/C(N)=O)cc2N(C)C1=O.C[C@H]1COc2ccc(Br)cc2N(C)C1=O. The summed E-state index contributed by atoms with van der Waals surface area (Å²) in [5, 5.41) is 0. The lowest BCUT2D eigenvalue weighted by Crippen LogP contribution is -2.31. The van der Waals surface area contributed by atoms with Crippen LogP contribution in [0.25, 0.3) is 6.08 Å². The summed E-state index contributed by atoms with van der Waals surface area (Å²) in [6.07, 6.45) is 3.94. The molecule has 0 saturated carbocycles. The maximum absolute atomic E-state index is 12.0. The third kappa shape index (κ3) is 8.71. The summed E-state index contributed by atoms with van der Waals surface area (Å²) in [6, 6.07) is 11.1. The van der Waals surface area contributed by atoms with Crippen LogP contribution in [-0.4, -0.2) is 50.9 Å². The molecule has 0 bridgehead atoms. The van der Waals surface area contributed by atoms with Crippen LogP contribution >= 0.6 is 15.9 Å². The van der Waals surface area contributed by atoms with Crippen LogP contribution in [0.15, 0.2) is 59.6 Å². The van der Waals surface area contributed by atoms with Gasteiger partial charge in [-0.2, -0.15) is 0 Å². The van der Waals surface area contributed by atoms with Gasteiger partial charge >= 0.3 is 0 Å². The Hall–Kier alpha value is -4.12. The van der Waals surface area contributed by atoms with E-state index >= 15 is 0 Å². The van der Waals surface area contributed by atoms with E-state index < -0.39 is 11.8 Å². The Kier molecular flexibility index (Phi) is 11.3. The minimum Gasteiger partial charge on any atom is -0.491 e. The summed E-state index contributed by atoms with van der Waals surface area (Å²) in [4.78, 5) is 47.3. The number of amides is 4. The number of fused-ring (bicyclic) bond motifs is 2. The largest absolute Gasteiger partial charge is 0.491 e. The third-order valence-corrected chi connectivity index (χ3v) is 6.24. The molecule has 0 aliphatic carbocycles. The van der Waals surface area contributed by atoms with Gasteiger partial charge in [0.25, 0.3) is 0 Å². The average Bonchev–Trinajstić information content (AvgIpc) is 3.09. The van der Waals surface area contributed by atoms with Gasteiger partial charge in [0.2, 0.25) is 23.6 Å². The summed E-state index contributed by atoms with van der Waals surface area (Å²) in [6.45, 7) is 7.60. The van der Waals surface area contributed by atoms with E-state index in [4.69, 9.17) is 15.2 Å². The summed E-state index contributed by atoms with van der Waals surface area (Å²) in [7, 11) is 3.49. The molecule has 4 amide bonds. The molecular weight excluding hydrogens is 568 g/mol. The topological polar surface area (TPSA) is 145 Å². The molecule has 0 fully saturated rings. The van der Waals surface area contributed by atoms with Crippen molar-refractivity contribution in [1.29, 1.82) is 0 Å². The van der Waals surface area contributed by atoms with Crippen LogP contribution < -0.4 is 30.7 Å². The molecule has 10 nitrogen and oxygen atoms in total. The van der Waals surface area contributed by atoms with E-state index in [2.05, 4.69) is 28.2 Å². The van der Waals surface area contributed by atoms with Gasteiger partial charge in [-0.3, -0.25) is 19.2 Å². The van der Waals surface area contributed by atoms with Gasteiger partial charge in [0.15, 0.2) is 0 Å². The molecule has 4 rings (SSSR count). The molecule has 0 unspecified atom stereocenters. The minimum atomic E-state index is -0.510. The van der Waals surface area contributed by atoms with E-state index in [1.165, 1.54) is 6.08 Å². The van der Waals surface area contributed by atoms with Crippen molar-refractivity contribution in [3.8, 4) is 11.5 Å². The zero-order valence-corrected chi connectivity index (χ0v) is 23.9. The molecule has 2 aliphatic heterocycles. The van der Waals surface area contributed by atoms with E-state index in [1.807, 2.05) is 38.1 Å². The Morgan fingerprint density at radius 3 is 1.82 bits per heavy atom. The van der Waals surface area contributed by atoms with Gasteiger partial charge in [-0.05, 0) is 48.0 Å². The molecule has 0 spiro atoms. The number of hydrogen-bond donors (Lipinski definition) is 2. The second kappa shape index (κ2) is 14.1. The normalized spacial score (nSPS) is 18.0. The molecule has 2 atom stereocenters. The van der Waals surface area contributed by atoms with Crippen molar-refractivity contribution in [2.24, 2.45) is 23.3 Å². The number of primary amides is 2. The van der Waals surface area contributed by atoms with Gasteiger partial charge < -0.3 is 30.7 Å². The van der Waals surface area contributed by atoms with Gasteiger partial charge in [-0.25, -0.2) is 0 Å². The Labute approximate surface area is 236 Å². The van der Waals surface area contributed by atoms with Gasteiger partial charge in [-0.15, -0.1) is 0 Å². The maximum atomic E-state index is 12.0. The van der Waals surface area contributed by atoms with E-state index in [0.717, 1.165) is 27.5 Å². The molecule has 0 radical (unpaired) electrons. The van der Waals surface area contributed by atoms with Crippen molar-refractivity contribution in [3.05, 3.63) is 65.2 Å². The lowest BCUT2D eigenvalue weighted by atomic mass is 10.1. The first-order valence-electron chi connectivity index (χ1n) is 12.0. The summed E-state index contributed by atoms with van der Waals surface area (Å²) in [5.74, 6) is 0.258. The van der Waals surface area contributed by atoms with E-state index in [1.54, 1.807) is 42.1 Å². The first-order chi connectivity index (χ1) is 18.3. The molecule has 0 aromatic heterocycles. The first kappa shape index (κ1) is 31.1. The molecule has 2 aliphatic rings. The van der Waals surface area contributed by atoms with Crippen LogP contribution in [-0.2, 0) is 19.2 Å². The van der Waals surface area contributed by atoms with Crippen LogP contribution in [0.1, 0.15) is 19.4 Å². The van der Waals surface area contributed by atoms with Crippen molar-refractivity contribution in [2.45, 2.75) is 13.8 Å². The molecule has 208 valence electrons. The fourth-order valence-electron chi connectivity index (χ4n) is 3.55. The molecule has 2 aromatic carbocycles. The van der Waals surface area contributed by atoms with Crippen molar-refractivity contribution in [1.82, 2.24) is 0 Å². The van der Waals surface area contributed by atoms with Gasteiger partial charge in [-0.1, -0.05) is 42.4 Å². The predicted octanol–water partition coefficient (Wildman–Crippen LogP) is 3.27. The van der Waals surface area contributed by atoms with Crippen LogP contribution in [0, 0.1) is 11.8 Å². The Morgan fingerprint density at radius 1 is 0.897 bits per heavy atom. The summed E-state index contributed by atoms with van der Waals surface area (Å²) >= 11 is 3.38. The number of ether oxygens (including phenoxy) is 2. The third-order valence-electron chi connectivity index (χ3n) is 5.75. The maximum Gasteiger partial charge on any atom is 0.241 e. The first-order valence-corrected chi connectivity index (χ1v) is 12.8. The fraction of sp³-hybridized carbons (Fsp3) is 0.286. The number of anilines is 2. The number of halogens is 1. The number of carbonyl (C=O) groups is 4. The van der Waals surface area contributed by atoms with Crippen molar-refractivity contribution in [2.75, 3.05) is 37.1 Å². The highest BCUT2D eigenvalue weighted by Crippen LogP contribution is 2.34. The number of nitrogens with zero attached hydrogens (tertiary/aromatic N) is 2.